The molecule has 0 aliphatic heterocycles. The van der Waals surface area contributed by atoms with E-state index in [1.54, 1.807) is 12.3 Å². The first-order valence-corrected chi connectivity index (χ1v) is 4.87. The van der Waals surface area contributed by atoms with E-state index in [4.69, 9.17) is 5.11 Å². The zero-order valence-corrected chi connectivity index (χ0v) is 8.54. The fourth-order valence-electron chi connectivity index (χ4n) is 1.28. The Morgan fingerprint density at radius 1 is 0.875 bits per heavy atom. The van der Waals surface area contributed by atoms with Crippen molar-refractivity contribution in [2.24, 2.45) is 4.99 Å². The highest BCUT2D eigenvalue weighted by Crippen LogP contribution is 2.28. The summed E-state index contributed by atoms with van der Waals surface area (Å²) in [7, 11) is 0. The van der Waals surface area contributed by atoms with Crippen molar-refractivity contribution >= 4 is 11.9 Å². The molecule has 0 radical (unpaired) electrons. The molecule has 0 aromatic heterocycles. The van der Waals surface area contributed by atoms with Gasteiger partial charge in [-0.3, -0.25) is 4.99 Å². The number of aromatic hydroxyl groups is 2. The topological polar surface area (TPSA) is 52.8 Å². The van der Waals surface area contributed by atoms with E-state index in [9.17, 15) is 5.11 Å². The first-order chi connectivity index (χ1) is 7.75. The zero-order valence-electron chi connectivity index (χ0n) is 8.54. The van der Waals surface area contributed by atoms with E-state index in [2.05, 4.69) is 4.99 Å². The number of hydrogen-bond donors (Lipinski definition) is 2. The average molecular weight is 213 g/mol. The zero-order chi connectivity index (χ0) is 11.4. The molecule has 2 rings (SSSR count). The van der Waals surface area contributed by atoms with Crippen LogP contribution in [0, 0.1) is 0 Å². The molecular weight excluding hydrogens is 202 g/mol. The van der Waals surface area contributed by atoms with Gasteiger partial charge in [0.05, 0.1) is 5.69 Å². The molecule has 2 aromatic rings. The maximum atomic E-state index is 9.27. The van der Waals surface area contributed by atoms with Gasteiger partial charge in [0.1, 0.15) is 0 Å². The molecule has 0 amide bonds. The van der Waals surface area contributed by atoms with E-state index in [0.29, 0.717) is 5.69 Å². The Kier molecular flexibility index (Phi) is 2.87. The molecule has 0 aliphatic rings. The first-order valence-electron chi connectivity index (χ1n) is 4.87. The third-order valence-corrected chi connectivity index (χ3v) is 2.12. The van der Waals surface area contributed by atoms with E-state index in [0.717, 1.165) is 5.56 Å². The van der Waals surface area contributed by atoms with E-state index in [1.807, 2.05) is 30.3 Å². The summed E-state index contributed by atoms with van der Waals surface area (Å²) in [6.45, 7) is 0. The lowest BCUT2D eigenvalue weighted by atomic mass is 10.2. The van der Waals surface area contributed by atoms with Gasteiger partial charge in [-0.15, -0.1) is 0 Å². The molecule has 0 aliphatic carbocycles. The predicted molar refractivity (Wildman–Crippen MR) is 63.5 cm³/mol. The average Bonchev–Trinajstić information content (AvgIpc) is 2.32. The van der Waals surface area contributed by atoms with Crippen LogP contribution in [0.4, 0.5) is 5.69 Å². The summed E-state index contributed by atoms with van der Waals surface area (Å²) in [6, 6.07) is 14.1. The summed E-state index contributed by atoms with van der Waals surface area (Å²) in [5, 5.41) is 18.4. The third kappa shape index (κ3) is 2.39. The number of phenolic OH excluding ortho intramolecular Hbond substituents is 2. The number of nitrogens with zero attached hydrogens (tertiary/aromatic N) is 1. The summed E-state index contributed by atoms with van der Waals surface area (Å²) in [6.07, 6.45) is 1.70. The molecule has 80 valence electrons. The molecule has 3 nitrogen and oxygen atoms in total. The lowest BCUT2D eigenvalue weighted by Gasteiger charge is -1.98. The Labute approximate surface area is 93.3 Å². The molecule has 0 fully saturated rings. The van der Waals surface area contributed by atoms with Gasteiger partial charge in [0.15, 0.2) is 11.5 Å². The van der Waals surface area contributed by atoms with Crippen LogP contribution in [0.1, 0.15) is 5.56 Å². The molecule has 0 unspecified atom stereocenters. The fourth-order valence-corrected chi connectivity index (χ4v) is 1.28. The van der Waals surface area contributed by atoms with E-state index in [-0.39, 0.29) is 11.5 Å². The van der Waals surface area contributed by atoms with Gasteiger partial charge in [0.2, 0.25) is 0 Å². The number of benzene rings is 2. The van der Waals surface area contributed by atoms with Crippen molar-refractivity contribution in [2.45, 2.75) is 0 Å². The van der Waals surface area contributed by atoms with Gasteiger partial charge in [0.25, 0.3) is 0 Å². The highest BCUT2D eigenvalue weighted by molar-refractivity contribution is 5.81. The second-order valence-electron chi connectivity index (χ2n) is 3.34. The molecular formula is C13H11NO2. The molecule has 0 heterocycles. The molecule has 0 saturated heterocycles. The molecule has 2 N–H and O–H groups in total. The Morgan fingerprint density at radius 2 is 1.62 bits per heavy atom. The fraction of sp³-hybridized carbons (Fsp3) is 0. The lowest BCUT2D eigenvalue weighted by molar-refractivity contribution is 0.404. The van der Waals surface area contributed by atoms with Crippen molar-refractivity contribution in [2.75, 3.05) is 0 Å². The monoisotopic (exact) mass is 213 g/mol. The molecule has 2 aromatic carbocycles. The SMILES string of the molecule is Oc1ccc(N=Cc2ccccc2)cc1O. The Balaban J connectivity index is 2.21. The summed E-state index contributed by atoms with van der Waals surface area (Å²) in [5.41, 5.74) is 1.58. The van der Waals surface area contributed by atoms with Crippen LogP contribution in [-0.2, 0) is 0 Å². The highest BCUT2D eigenvalue weighted by atomic mass is 16.3. The van der Waals surface area contributed by atoms with Crippen LogP contribution in [-0.4, -0.2) is 16.4 Å². The van der Waals surface area contributed by atoms with Crippen LogP contribution in [0.25, 0.3) is 0 Å². The highest BCUT2D eigenvalue weighted by Gasteiger charge is 1.98. The van der Waals surface area contributed by atoms with Gasteiger partial charge in [-0.1, -0.05) is 30.3 Å². The minimum Gasteiger partial charge on any atom is -0.504 e. The minimum atomic E-state index is -0.164. The summed E-state index contributed by atoms with van der Waals surface area (Å²) in [5.74, 6) is -0.304. The van der Waals surface area contributed by atoms with Crippen molar-refractivity contribution < 1.29 is 10.2 Å². The Hall–Kier alpha value is -2.29. The van der Waals surface area contributed by atoms with Gasteiger partial charge in [0, 0.05) is 12.3 Å². The number of hydrogen-bond acceptors (Lipinski definition) is 3. The van der Waals surface area contributed by atoms with Gasteiger partial charge in [-0.2, -0.15) is 0 Å². The third-order valence-electron chi connectivity index (χ3n) is 2.12. The smallest absolute Gasteiger partial charge is 0.159 e. The van der Waals surface area contributed by atoms with Crippen molar-refractivity contribution in [3.8, 4) is 11.5 Å². The van der Waals surface area contributed by atoms with Gasteiger partial charge >= 0.3 is 0 Å². The van der Waals surface area contributed by atoms with Crippen LogP contribution >= 0.6 is 0 Å². The minimum absolute atomic E-state index is 0.140. The molecule has 0 saturated carbocycles. The van der Waals surface area contributed by atoms with Gasteiger partial charge in [-0.25, -0.2) is 0 Å². The largest absolute Gasteiger partial charge is 0.504 e. The van der Waals surface area contributed by atoms with Crippen molar-refractivity contribution in [1.29, 1.82) is 0 Å². The number of rotatable bonds is 2. The van der Waals surface area contributed by atoms with Crippen LogP contribution in [0.5, 0.6) is 11.5 Å². The molecule has 16 heavy (non-hydrogen) atoms. The molecule has 0 bridgehead atoms. The molecule has 0 atom stereocenters. The van der Waals surface area contributed by atoms with Crippen LogP contribution in [0.3, 0.4) is 0 Å². The lowest BCUT2D eigenvalue weighted by Crippen LogP contribution is -1.77. The van der Waals surface area contributed by atoms with Crippen molar-refractivity contribution in [3.05, 3.63) is 54.1 Å². The van der Waals surface area contributed by atoms with Crippen molar-refractivity contribution in [3.63, 3.8) is 0 Å². The summed E-state index contributed by atoms with van der Waals surface area (Å²) < 4.78 is 0. The van der Waals surface area contributed by atoms with Crippen LogP contribution in [0.2, 0.25) is 0 Å². The van der Waals surface area contributed by atoms with Crippen LogP contribution < -0.4 is 0 Å². The van der Waals surface area contributed by atoms with E-state index >= 15 is 0 Å². The van der Waals surface area contributed by atoms with E-state index in [1.165, 1.54) is 12.1 Å². The summed E-state index contributed by atoms with van der Waals surface area (Å²) >= 11 is 0. The molecule has 0 spiro atoms. The predicted octanol–water partition coefficient (Wildman–Crippen LogP) is 2.85. The normalized spacial score (nSPS) is 10.8. The van der Waals surface area contributed by atoms with Crippen molar-refractivity contribution in [1.82, 2.24) is 0 Å². The molecule has 3 heteroatoms. The summed E-state index contributed by atoms with van der Waals surface area (Å²) in [4.78, 5) is 4.18. The quantitative estimate of drug-likeness (QED) is 0.595. The maximum Gasteiger partial charge on any atom is 0.159 e. The second-order valence-corrected chi connectivity index (χ2v) is 3.34. The first kappa shape index (κ1) is 10.2. The van der Waals surface area contributed by atoms with Gasteiger partial charge < -0.3 is 10.2 Å². The second kappa shape index (κ2) is 4.49. The van der Waals surface area contributed by atoms with Crippen LogP contribution in [0.15, 0.2) is 53.5 Å². The standard InChI is InChI=1S/C13H11NO2/c15-12-7-6-11(8-13(12)16)14-9-10-4-2-1-3-5-10/h1-9,15-16H. The Bertz CT molecular complexity index is 507. The number of aliphatic imine (C=N–C) groups is 1. The Morgan fingerprint density at radius 3 is 2.31 bits per heavy atom. The number of phenols is 2. The van der Waals surface area contributed by atoms with Gasteiger partial charge in [-0.05, 0) is 17.7 Å². The maximum absolute atomic E-state index is 9.27. The van der Waals surface area contributed by atoms with E-state index < -0.39 is 0 Å².